The van der Waals surface area contributed by atoms with E-state index in [1.165, 1.54) is 19.3 Å². The third-order valence-electron chi connectivity index (χ3n) is 5.24. The van der Waals surface area contributed by atoms with Crippen LogP contribution in [0, 0.1) is 0 Å². The molecule has 2 aromatic rings. The van der Waals surface area contributed by atoms with Crippen LogP contribution >= 0.6 is 11.8 Å². The van der Waals surface area contributed by atoms with Crippen molar-refractivity contribution in [3.05, 3.63) is 52.6 Å². The largest absolute Gasteiger partial charge is 0.507 e. The van der Waals surface area contributed by atoms with Gasteiger partial charge in [0.2, 0.25) is 0 Å². The van der Waals surface area contributed by atoms with E-state index in [-0.39, 0.29) is 22.9 Å². The van der Waals surface area contributed by atoms with E-state index in [1.807, 2.05) is 0 Å². The van der Waals surface area contributed by atoms with Gasteiger partial charge in [0.05, 0.1) is 16.8 Å². The normalized spacial score (nSPS) is 17.0. The molecule has 2 aromatic carbocycles. The maximum Gasteiger partial charge on any atom is 0.198 e. The number of aromatic hydroxyl groups is 1. The lowest BCUT2D eigenvalue weighted by Crippen LogP contribution is -2.23. The van der Waals surface area contributed by atoms with Crippen LogP contribution in [0.4, 0.5) is 5.69 Å². The van der Waals surface area contributed by atoms with Crippen molar-refractivity contribution in [1.29, 1.82) is 0 Å². The Kier molecular flexibility index (Phi) is 4.49. The second kappa shape index (κ2) is 6.80. The third kappa shape index (κ3) is 2.71. The van der Waals surface area contributed by atoms with Gasteiger partial charge in [-0.25, -0.2) is 0 Å². The van der Waals surface area contributed by atoms with Crippen LogP contribution in [0.25, 0.3) is 0 Å². The first-order chi connectivity index (χ1) is 12.6. The Hall–Kier alpha value is -2.27. The number of fused-ring (bicyclic) bond motifs is 2. The fraction of sp³-hybridized carbons (Fsp3) is 0.333. The van der Waals surface area contributed by atoms with E-state index < -0.39 is 0 Å². The molecule has 0 aliphatic heterocycles. The van der Waals surface area contributed by atoms with Gasteiger partial charge in [0, 0.05) is 28.3 Å². The Bertz CT molecular complexity index is 900. The molecule has 26 heavy (non-hydrogen) atoms. The summed E-state index contributed by atoms with van der Waals surface area (Å²) >= 11 is 1.70. The third-order valence-corrected chi connectivity index (χ3v) is 6.62. The number of phenolic OH excluding ortho intramolecular Hbond substituents is 1. The van der Waals surface area contributed by atoms with Crippen molar-refractivity contribution in [3.63, 3.8) is 0 Å². The van der Waals surface area contributed by atoms with Crippen LogP contribution in [0.3, 0.4) is 0 Å². The number of ketones is 2. The second-order valence-electron chi connectivity index (χ2n) is 6.85. The van der Waals surface area contributed by atoms with Crippen molar-refractivity contribution in [1.82, 2.24) is 0 Å². The number of thioether (sulfide) groups is 1. The molecule has 0 saturated heterocycles. The molecule has 0 unspecified atom stereocenters. The lowest BCUT2D eigenvalue weighted by molar-refractivity contribution is 0.0977. The lowest BCUT2D eigenvalue weighted by Gasteiger charge is -2.26. The summed E-state index contributed by atoms with van der Waals surface area (Å²) in [5, 5.41) is 14.2. The summed E-state index contributed by atoms with van der Waals surface area (Å²) in [5.74, 6) is -0.607. The molecule has 1 saturated carbocycles. The van der Waals surface area contributed by atoms with Gasteiger partial charge in [0.1, 0.15) is 5.75 Å². The van der Waals surface area contributed by atoms with Crippen molar-refractivity contribution >= 4 is 29.0 Å². The van der Waals surface area contributed by atoms with Gasteiger partial charge in [-0.05, 0) is 18.9 Å². The molecule has 0 heterocycles. The Morgan fingerprint density at radius 2 is 1.62 bits per heavy atom. The standard InChI is InChI=1S/C21H21NO3S/c1-22-19-16(26-12-7-3-2-4-8-12)11-15(23)17-18(19)21(25)14-10-6-5-9-13(14)20(17)24/h5-6,9-12,22-23H,2-4,7-8H2,1H3. The summed E-state index contributed by atoms with van der Waals surface area (Å²) < 4.78 is 0. The summed E-state index contributed by atoms with van der Waals surface area (Å²) in [6, 6.07) is 8.45. The highest BCUT2D eigenvalue weighted by Crippen LogP contribution is 2.45. The first-order valence-corrected chi connectivity index (χ1v) is 9.92. The number of nitrogens with one attached hydrogen (secondary N) is 1. The smallest absolute Gasteiger partial charge is 0.198 e. The van der Waals surface area contributed by atoms with Gasteiger partial charge >= 0.3 is 0 Å². The fourth-order valence-corrected chi connectivity index (χ4v) is 5.38. The minimum absolute atomic E-state index is 0.106. The zero-order valence-corrected chi connectivity index (χ0v) is 15.5. The monoisotopic (exact) mass is 367 g/mol. The first kappa shape index (κ1) is 17.2. The van der Waals surface area contributed by atoms with E-state index in [0.717, 1.165) is 17.7 Å². The zero-order chi connectivity index (χ0) is 18.3. The highest BCUT2D eigenvalue weighted by Gasteiger charge is 2.35. The zero-order valence-electron chi connectivity index (χ0n) is 14.7. The highest BCUT2D eigenvalue weighted by molar-refractivity contribution is 8.00. The minimum Gasteiger partial charge on any atom is -0.507 e. The van der Waals surface area contributed by atoms with Gasteiger partial charge in [-0.1, -0.05) is 43.5 Å². The molecule has 5 heteroatoms. The van der Waals surface area contributed by atoms with Crippen LogP contribution in [0.15, 0.2) is 35.2 Å². The predicted molar refractivity (Wildman–Crippen MR) is 104 cm³/mol. The number of hydrogen-bond acceptors (Lipinski definition) is 5. The molecule has 1 fully saturated rings. The molecule has 2 aliphatic rings. The van der Waals surface area contributed by atoms with Gasteiger partial charge in [0.15, 0.2) is 11.6 Å². The number of anilines is 1. The Labute approximate surface area is 157 Å². The molecule has 2 aliphatic carbocycles. The van der Waals surface area contributed by atoms with E-state index in [0.29, 0.717) is 27.6 Å². The second-order valence-corrected chi connectivity index (χ2v) is 8.19. The average Bonchev–Trinajstić information content (AvgIpc) is 2.66. The summed E-state index contributed by atoms with van der Waals surface area (Å²) in [4.78, 5) is 26.9. The van der Waals surface area contributed by atoms with Crippen LogP contribution in [0.2, 0.25) is 0 Å². The molecule has 0 spiro atoms. The Morgan fingerprint density at radius 1 is 1.00 bits per heavy atom. The van der Waals surface area contributed by atoms with Crippen LogP contribution < -0.4 is 5.32 Å². The van der Waals surface area contributed by atoms with Crippen LogP contribution in [-0.2, 0) is 0 Å². The molecule has 4 nitrogen and oxygen atoms in total. The molecule has 2 N–H and O–H groups in total. The van der Waals surface area contributed by atoms with E-state index in [4.69, 9.17) is 0 Å². The summed E-state index contributed by atoms with van der Waals surface area (Å²) in [5.41, 5.74) is 1.83. The number of benzene rings is 2. The summed E-state index contributed by atoms with van der Waals surface area (Å²) in [6.07, 6.45) is 5.99. The van der Waals surface area contributed by atoms with Gasteiger partial charge < -0.3 is 10.4 Å². The fourth-order valence-electron chi connectivity index (χ4n) is 3.95. The van der Waals surface area contributed by atoms with Crippen LogP contribution in [0.5, 0.6) is 5.75 Å². The quantitative estimate of drug-likeness (QED) is 0.661. The number of hydrogen-bond donors (Lipinski definition) is 2. The van der Waals surface area contributed by atoms with Gasteiger partial charge in [-0.3, -0.25) is 9.59 Å². The molecule has 0 bridgehead atoms. The molecule has 0 radical (unpaired) electrons. The molecule has 0 atom stereocenters. The van der Waals surface area contributed by atoms with Crippen molar-refractivity contribution < 1.29 is 14.7 Å². The number of rotatable bonds is 3. The molecule has 0 amide bonds. The van der Waals surface area contributed by atoms with E-state index in [1.54, 1.807) is 49.1 Å². The highest BCUT2D eigenvalue weighted by atomic mass is 32.2. The van der Waals surface area contributed by atoms with Gasteiger partial charge in [-0.15, -0.1) is 11.8 Å². The molecule has 134 valence electrons. The maximum atomic E-state index is 13.1. The average molecular weight is 367 g/mol. The van der Waals surface area contributed by atoms with Crippen LogP contribution in [0.1, 0.15) is 63.9 Å². The van der Waals surface area contributed by atoms with Crippen molar-refractivity contribution in [3.8, 4) is 5.75 Å². The first-order valence-electron chi connectivity index (χ1n) is 9.04. The Morgan fingerprint density at radius 3 is 2.23 bits per heavy atom. The number of carbonyl (C=O) groups excluding carboxylic acids is 2. The minimum atomic E-state index is -0.293. The predicted octanol–water partition coefficient (Wildman–Crippen LogP) is 4.63. The summed E-state index contributed by atoms with van der Waals surface area (Å²) in [6.45, 7) is 0. The van der Waals surface area contributed by atoms with Crippen molar-refractivity contribution in [2.75, 3.05) is 12.4 Å². The van der Waals surface area contributed by atoms with Crippen molar-refractivity contribution in [2.24, 2.45) is 0 Å². The van der Waals surface area contributed by atoms with E-state index >= 15 is 0 Å². The van der Waals surface area contributed by atoms with E-state index in [9.17, 15) is 14.7 Å². The number of carbonyl (C=O) groups is 2. The Balaban J connectivity index is 1.85. The number of phenols is 1. The maximum absolute atomic E-state index is 13.1. The summed E-state index contributed by atoms with van der Waals surface area (Å²) in [7, 11) is 1.76. The van der Waals surface area contributed by atoms with Gasteiger partial charge in [-0.2, -0.15) is 0 Å². The molecular formula is C21H21NO3S. The lowest BCUT2D eigenvalue weighted by atomic mass is 9.82. The van der Waals surface area contributed by atoms with Gasteiger partial charge in [0.25, 0.3) is 0 Å². The van der Waals surface area contributed by atoms with Crippen LogP contribution in [-0.4, -0.2) is 29.0 Å². The molecule has 0 aromatic heterocycles. The van der Waals surface area contributed by atoms with Crippen molar-refractivity contribution in [2.45, 2.75) is 42.2 Å². The topological polar surface area (TPSA) is 66.4 Å². The SMILES string of the molecule is CNc1c(SC2CCCCC2)cc(O)c2c1C(=O)c1ccccc1C2=O. The molecular weight excluding hydrogens is 346 g/mol. The van der Waals surface area contributed by atoms with E-state index in [2.05, 4.69) is 5.32 Å². The molecule has 4 rings (SSSR count).